The third-order valence-corrected chi connectivity index (χ3v) is 6.59. The monoisotopic (exact) mass is 380 g/mol. The molecule has 144 valence electrons. The first kappa shape index (κ1) is 20.1. The predicted octanol–water partition coefficient (Wildman–Crippen LogP) is 7.21. The van der Waals surface area contributed by atoms with E-state index in [0.29, 0.717) is 18.4 Å². The van der Waals surface area contributed by atoms with Gasteiger partial charge in [0.25, 0.3) is 0 Å². The maximum Gasteiger partial charge on any atom is 0.122 e. The van der Waals surface area contributed by atoms with Crippen molar-refractivity contribution in [3.63, 3.8) is 0 Å². The molecule has 1 aliphatic carbocycles. The van der Waals surface area contributed by atoms with E-state index in [4.69, 9.17) is 17.0 Å². The molecule has 1 atom stereocenters. The second kappa shape index (κ2) is 8.56. The van der Waals surface area contributed by atoms with Crippen molar-refractivity contribution in [1.29, 1.82) is 0 Å². The van der Waals surface area contributed by atoms with Gasteiger partial charge in [0.2, 0.25) is 0 Å². The summed E-state index contributed by atoms with van der Waals surface area (Å²) in [6.45, 7) is 11.6. The van der Waals surface area contributed by atoms with Crippen LogP contribution in [-0.2, 0) is 13.0 Å². The Kier molecular flexibility index (Phi) is 6.37. The quantitative estimate of drug-likeness (QED) is 0.448. The number of hydrogen-bond acceptors (Lipinski definition) is 2. The van der Waals surface area contributed by atoms with Gasteiger partial charge in [0.1, 0.15) is 12.4 Å². The Labute approximate surface area is 170 Å². The molecule has 0 saturated heterocycles. The standard InChI is InChI=1S/C25H32OS/c1-6-19-13-17(4)24(14-16(19)3)26-15-23-21(18(5)25(27)7-2)9-8-10-22(23)20-11-12-20/h8-10,13-14,18,20H,6-7,11-12,15H2,1-5H3. The fourth-order valence-electron chi connectivity index (χ4n) is 3.99. The first-order valence-corrected chi connectivity index (χ1v) is 10.7. The fraction of sp³-hybridized carbons (Fsp3) is 0.480. The number of hydrogen-bond donors (Lipinski definition) is 0. The number of ether oxygens (including phenoxy) is 1. The van der Waals surface area contributed by atoms with Crippen LogP contribution in [0.1, 0.15) is 85.3 Å². The first-order valence-electron chi connectivity index (χ1n) is 10.3. The van der Waals surface area contributed by atoms with Gasteiger partial charge in [-0.3, -0.25) is 0 Å². The zero-order valence-corrected chi connectivity index (χ0v) is 18.2. The van der Waals surface area contributed by atoms with Crippen molar-refractivity contribution in [3.8, 4) is 5.75 Å². The van der Waals surface area contributed by atoms with Crippen LogP contribution in [0.25, 0.3) is 0 Å². The van der Waals surface area contributed by atoms with Crippen molar-refractivity contribution in [2.75, 3.05) is 0 Å². The maximum atomic E-state index is 6.38. The molecular weight excluding hydrogens is 348 g/mol. The minimum Gasteiger partial charge on any atom is -0.489 e. The van der Waals surface area contributed by atoms with Crippen molar-refractivity contribution in [2.24, 2.45) is 0 Å². The molecule has 3 rings (SSSR count). The highest BCUT2D eigenvalue weighted by Crippen LogP contribution is 2.43. The zero-order chi connectivity index (χ0) is 19.6. The van der Waals surface area contributed by atoms with Crippen molar-refractivity contribution >= 4 is 17.1 Å². The second-order valence-electron chi connectivity index (χ2n) is 7.92. The summed E-state index contributed by atoms with van der Waals surface area (Å²) in [7, 11) is 0. The Hall–Kier alpha value is -1.67. The number of aryl methyl sites for hydroxylation is 3. The van der Waals surface area contributed by atoms with Gasteiger partial charge in [-0.1, -0.05) is 57.3 Å². The Morgan fingerprint density at radius 2 is 1.89 bits per heavy atom. The molecule has 0 aromatic heterocycles. The lowest BCUT2D eigenvalue weighted by atomic mass is 9.88. The van der Waals surface area contributed by atoms with Gasteiger partial charge in [-0.05, 0) is 89.8 Å². The van der Waals surface area contributed by atoms with Gasteiger partial charge in [0, 0.05) is 5.92 Å². The molecule has 1 fully saturated rings. The highest BCUT2D eigenvalue weighted by molar-refractivity contribution is 7.80. The van der Waals surface area contributed by atoms with Gasteiger partial charge < -0.3 is 4.74 Å². The van der Waals surface area contributed by atoms with Gasteiger partial charge in [-0.25, -0.2) is 0 Å². The molecule has 2 heteroatoms. The van der Waals surface area contributed by atoms with E-state index >= 15 is 0 Å². The van der Waals surface area contributed by atoms with Crippen LogP contribution in [0.5, 0.6) is 5.75 Å². The molecule has 0 radical (unpaired) electrons. The first-order chi connectivity index (χ1) is 13.0. The third kappa shape index (κ3) is 4.43. The summed E-state index contributed by atoms with van der Waals surface area (Å²) < 4.78 is 6.38. The van der Waals surface area contributed by atoms with Crippen molar-refractivity contribution < 1.29 is 4.74 Å². The Morgan fingerprint density at radius 3 is 2.52 bits per heavy atom. The molecule has 0 heterocycles. The number of rotatable bonds is 8. The molecule has 1 unspecified atom stereocenters. The minimum absolute atomic E-state index is 0.299. The number of benzene rings is 2. The average molecular weight is 381 g/mol. The zero-order valence-electron chi connectivity index (χ0n) is 17.4. The number of thiocarbonyl (C=S) groups is 1. The van der Waals surface area contributed by atoms with E-state index in [0.717, 1.165) is 23.5 Å². The van der Waals surface area contributed by atoms with Crippen LogP contribution in [-0.4, -0.2) is 4.86 Å². The van der Waals surface area contributed by atoms with Crippen LogP contribution in [0.15, 0.2) is 30.3 Å². The van der Waals surface area contributed by atoms with Crippen LogP contribution in [0, 0.1) is 13.8 Å². The van der Waals surface area contributed by atoms with Crippen molar-refractivity contribution in [2.45, 2.75) is 78.7 Å². The lowest BCUT2D eigenvalue weighted by molar-refractivity contribution is 0.301. The van der Waals surface area contributed by atoms with Crippen LogP contribution in [0.4, 0.5) is 0 Å². The molecule has 0 bridgehead atoms. The second-order valence-corrected chi connectivity index (χ2v) is 8.44. The molecule has 0 spiro atoms. The Morgan fingerprint density at radius 1 is 1.15 bits per heavy atom. The molecule has 27 heavy (non-hydrogen) atoms. The van der Waals surface area contributed by atoms with E-state index in [9.17, 15) is 0 Å². The van der Waals surface area contributed by atoms with E-state index < -0.39 is 0 Å². The lowest BCUT2D eigenvalue weighted by Gasteiger charge is -2.21. The molecule has 0 amide bonds. The lowest BCUT2D eigenvalue weighted by Crippen LogP contribution is -2.12. The van der Waals surface area contributed by atoms with Crippen LogP contribution < -0.4 is 4.74 Å². The summed E-state index contributed by atoms with van der Waals surface area (Å²) >= 11 is 5.65. The van der Waals surface area contributed by atoms with Crippen LogP contribution in [0.2, 0.25) is 0 Å². The van der Waals surface area contributed by atoms with Gasteiger partial charge in [0.05, 0.1) is 0 Å². The molecule has 0 aliphatic heterocycles. The molecule has 1 saturated carbocycles. The van der Waals surface area contributed by atoms with Crippen LogP contribution in [0.3, 0.4) is 0 Å². The summed E-state index contributed by atoms with van der Waals surface area (Å²) in [4.78, 5) is 1.13. The van der Waals surface area contributed by atoms with Crippen molar-refractivity contribution in [1.82, 2.24) is 0 Å². The van der Waals surface area contributed by atoms with E-state index in [-0.39, 0.29) is 0 Å². The molecule has 1 aliphatic rings. The third-order valence-electron chi connectivity index (χ3n) is 5.95. The molecule has 2 aromatic carbocycles. The SMILES string of the molecule is CCC(=S)C(C)c1cccc(C2CC2)c1COc1cc(C)c(CC)cc1C. The summed E-state index contributed by atoms with van der Waals surface area (Å²) in [5.41, 5.74) is 8.12. The molecular formula is C25H32OS. The van der Waals surface area contributed by atoms with Gasteiger partial charge >= 0.3 is 0 Å². The summed E-state index contributed by atoms with van der Waals surface area (Å²) in [6.07, 6.45) is 4.60. The Balaban J connectivity index is 1.92. The van der Waals surface area contributed by atoms with Gasteiger partial charge in [-0.15, -0.1) is 0 Å². The Bertz CT molecular complexity index is 832. The summed E-state index contributed by atoms with van der Waals surface area (Å²) in [5.74, 6) is 2.01. The normalized spacial score (nSPS) is 14.9. The summed E-state index contributed by atoms with van der Waals surface area (Å²) in [6, 6.07) is 11.2. The van der Waals surface area contributed by atoms with Gasteiger partial charge in [0.15, 0.2) is 0 Å². The molecule has 0 N–H and O–H groups in total. The smallest absolute Gasteiger partial charge is 0.122 e. The average Bonchev–Trinajstić information content (AvgIpc) is 3.52. The highest BCUT2D eigenvalue weighted by Gasteiger charge is 2.28. The maximum absolute atomic E-state index is 6.38. The minimum atomic E-state index is 0.299. The molecule has 1 nitrogen and oxygen atoms in total. The van der Waals surface area contributed by atoms with E-state index in [2.05, 4.69) is 65.0 Å². The van der Waals surface area contributed by atoms with E-state index in [1.165, 1.54) is 46.2 Å². The van der Waals surface area contributed by atoms with E-state index in [1.54, 1.807) is 0 Å². The van der Waals surface area contributed by atoms with E-state index in [1.807, 2.05) is 0 Å². The predicted molar refractivity (Wildman–Crippen MR) is 119 cm³/mol. The largest absolute Gasteiger partial charge is 0.489 e. The topological polar surface area (TPSA) is 9.23 Å². The van der Waals surface area contributed by atoms with Crippen LogP contribution >= 0.6 is 12.2 Å². The highest BCUT2D eigenvalue weighted by atomic mass is 32.1. The summed E-state index contributed by atoms with van der Waals surface area (Å²) in [5, 5.41) is 0. The van der Waals surface area contributed by atoms with Crippen molar-refractivity contribution in [3.05, 3.63) is 63.7 Å². The van der Waals surface area contributed by atoms with Gasteiger partial charge in [-0.2, -0.15) is 0 Å². The fourth-order valence-corrected chi connectivity index (χ4v) is 4.11. The molecule has 2 aromatic rings.